The molecule has 0 N–H and O–H groups in total. The average molecular weight is 250 g/mol. The van der Waals surface area contributed by atoms with Crippen molar-refractivity contribution in [2.75, 3.05) is 0 Å². The highest BCUT2D eigenvalue weighted by atomic mass is 16.7. The van der Waals surface area contributed by atoms with Crippen molar-refractivity contribution < 1.29 is 19.1 Å². The minimum Gasteiger partial charge on any atom is -0.456 e. The molecule has 1 atom stereocenters. The molecule has 4 nitrogen and oxygen atoms in total. The maximum atomic E-state index is 12.1. The van der Waals surface area contributed by atoms with Crippen molar-refractivity contribution in [3.63, 3.8) is 0 Å². The lowest BCUT2D eigenvalue weighted by atomic mass is 9.76. The highest BCUT2D eigenvalue weighted by Crippen LogP contribution is 2.49. The van der Waals surface area contributed by atoms with E-state index in [-0.39, 0.29) is 17.2 Å². The number of hydrogen-bond acceptors (Lipinski definition) is 4. The average Bonchev–Trinajstić information content (AvgIpc) is 2.54. The Morgan fingerprint density at radius 2 is 1.83 bits per heavy atom. The first-order valence-corrected chi connectivity index (χ1v) is 6.55. The minimum atomic E-state index is -0.865. The molecule has 1 saturated heterocycles. The standard InChI is InChI=1S/C14H18O4/c1-13(2)7-10(15)9-6-14(17-11(9)8-13)5-3-4-12(16)18-14/h3-8H2,1-2H3. The molecule has 0 aromatic heterocycles. The zero-order chi connectivity index (χ0) is 13.0. The summed E-state index contributed by atoms with van der Waals surface area (Å²) in [5, 5.41) is 0. The third kappa shape index (κ3) is 1.84. The lowest BCUT2D eigenvalue weighted by molar-refractivity contribution is -0.222. The van der Waals surface area contributed by atoms with E-state index in [1.165, 1.54) is 0 Å². The number of ether oxygens (including phenoxy) is 2. The Kier molecular flexibility index (Phi) is 2.34. The third-order valence-electron chi connectivity index (χ3n) is 3.95. The van der Waals surface area contributed by atoms with Crippen LogP contribution < -0.4 is 0 Å². The van der Waals surface area contributed by atoms with E-state index in [0.717, 1.165) is 24.2 Å². The van der Waals surface area contributed by atoms with Crippen molar-refractivity contribution in [3.05, 3.63) is 11.3 Å². The second-order valence-electron chi connectivity index (χ2n) is 6.36. The Hall–Kier alpha value is -1.32. The first-order chi connectivity index (χ1) is 8.39. The molecule has 0 amide bonds. The van der Waals surface area contributed by atoms with Gasteiger partial charge in [0.2, 0.25) is 0 Å². The highest BCUT2D eigenvalue weighted by molar-refractivity contribution is 5.97. The van der Waals surface area contributed by atoms with Crippen molar-refractivity contribution in [1.82, 2.24) is 0 Å². The second-order valence-corrected chi connectivity index (χ2v) is 6.36. The van der Waals surface area contributed by atoms with Gasteiger partial charge >= 0.3 is 5.97 Å². The number of carbonyl (C=O) groups is 2. The summed E-state index contributed by atoms with van der Waals surface area (Å²) in [6.07, 6.45) is 3.68. The smallest absolute Gasteiger partial charge is 0.309 e. The van der Waals surface area contributed by atoms with Crippen molar-refractivity contribution >= 4 is 11.8 Å². The predicted octanol–water partition coefficient (Wildman–Crippen LogP) is 2.47. The summed E-state index contributed by atoms with van der Waals surface area (Å²) in [5.74, 6) is -0.172. The fourth-order valence-electron chi connectivity index (χ4n) is 3.13. The number of allylic oxidation sites excluding steroid dienone is 1. The first-order valence-electron chi connectivity index (χ1n) is 6.55. The molecular weight excluding hydrogens is 232 g/mol. The maximum absolute atomic E-state index is 12.1. The molecule has 4 heteroatoms. The van der Waals surface area contributed by atoms with Gasteiger partial charge in [-0.3, -0.25) is 9.59 Å². The van der Waals surface area contributed by atoms with Crippen molar-refractivity contribution in [2.24, 2.45) is 5.41 Å². The zero-order valence-electron chi connectivity index (χ0n) is 10.9. The largest absolute Gasteiger partial charge is 0.456 e. The van der Waals surface area contributed by atoms with Gasteiger partial charge in [0.15, 0.2) is 5.78 Å². The fourth-order valence-corrected chi connectivity index (χ4v) is 3.13. The highest BCUT2D eigenvalue weighted by Gasteiger charge is 2.50. The molecular formula is C14H18O4. The molecule has 3 rings (SSSR count). The molecule has 18 heavy (non-hydrogen) atoms. The molecule has 98 valence electrons. The summed E-state index contributed by atoms with van der Waals surface area (Å²) in [5.41, 5.74) is 0.698. The molecule has 3 aliphatic rings. The minimum absolute atomic E-state index is 0.0554. The van der Waals surface area contributed by atoms with Gasteiger partial charge in [0.05, 0.1) is 6.42 Å². The van der Waals surface area contributed by atoms with Crippen LogP contribution in [0.4, 0.5) is 0 Å². The number of esters is 1. The fraction of sp³-hybridized carbons (Fsp3) is 0.714. The van der Waals surface area contributed by atoms with Gasteiger partial charge in [0.1, 0.15) is 5.76 Å². The van der Waals surface area contributed by atoms with E-state index in [9.17, 15) is 9.59 Å². The molecule has 1 unspecified atom stereocenters. The van der Waals surface area contributed by atoms with Crippen LogP contribution in [0.3, 0.4) is 0 Å². The molecule has 1 fully saturated rings. The Labute approximate surface area is 106 Å². The summed E-state index contributed by atoms with van der Waals surface area (Å²) in [6, 6.07) is 0. The topological polar surface area (TPSA) is 52.6 Å². The number of carbonyl (C=O) groups excluding carboxylic acids is 2. The Morgan fingerprint density at radius 3 is 2.56 bits per heavy atom. The van der Waals surface area contributed by atoms with E-state index in [2.05, 4.69) is 13.8 Å². The Bertz CT molecular complexity index is 460. The monoisotopic (exact) mass is 250 g/mol. The van der Waals surface area contributed by atoms with Gasteiger partial charge in [-0.1, -0.05) is 13.8 Å². The normalized spacial score (nSPS) is 34.3. The van der Waals surface area contributed by atoms with Crippen LogP contribution in [0.25, 0.3) is 0 Å². The van der Waals surface area contributed by atoms with Crippen LogP contribution >= 0.6 is 0 Å². The van der Waals surface area contributed by atoms with E-state index in [0.29, 0.717) is 25.7 Å². The van der Waals surface area contributed by atoms with Crippen LogP contribution in [0.15, 0.2) is 11.3 Å². The molecule has 0 saturated carbocycles. The van der Waals surface area contributed by atoms with Gasteiger partial charge in [-0.15, -0.1) is 0 Å². The van der Waals surface area contributed by atoms with E-state index in [4.69, 9.17) is 9.47 Å². The second kappa shape index (κ2) is 3.59. The third-order valence-corrected chi connectivity index (χ3v) is 3.95. The molecule has 0 radical (unpaired) electrons. The molecule has 0 aromatic rings. The molecule has 1 aliphatic carbocycles. The lowest BCUT2D eigenvalue weighted by Crippen LogP contribution is -2.38. The molecule has 0 bridgehead atoms. The van der Waals surface area contributed by atoms with Crippen molar-refractivity contribution in [2.45, 2.75) is 58.2 Å². The van der Waals surface area contributed by atoms with Gasteiger partial charge in [-0.25, -0.2) is 0 Å². The van der Waals surface area contributed by atoms with Gasteiger partial charge in [0, 0.05) is 31.3 Å². The number of rotatable bonds is 0. The van der Waals surface area contributed by atoms with E-state index >= 15 is 0 Å². The van der Waals surface area contributed by atoms with E-state index in [1.807, 2.05) is 0 Å². The molecule has 2 heterocycles. The van der Waals surface area contributed by atoms with E-state index in [1.54, 1.807) is 0 Å². The van der Waals surface area contributed by atoms with Crippen LogP contribution in [0, 0.1) is 5.41 Å². The molecule has 1 spiro atoms. The summed E-state index contributed by atoms with van der Waals surface area (Å²) in [7, 11) is 0. The van der Waals surface area contributed by atoms with Crippen LogP contribution in [0.1, 0.15) is 52.4 Å². The summed E-state index contributed by atoms with van der Waals surface area (Å²) >= 11 is 0. The van der Waals surface area contributed by atoms with Crippen LogP contribution in [0.2, 0.25) is 0 Å². The quantitative estimate of drug-likeness (QED) is 0.620. The summed E-state index contributed by atoms with van der Waals surface area (Å²) in [6.45, 7) is 4.13. The van der Waals surface area contributed by atoms with Gasteiger partial charge < -0.3 is 9.47 Å². The summed E-state index contributed by atoms with van der Waals surface area (Å²) in [4.78, 5) is 23.6. The number of Topliss-reactive ketones (excluding diaryl/α,β-unsaturated/α-hetero) is 1. The van der Waals surface area contributed by atoms with Gasteiger partial charge in [-0.2, -0.15) is 0 Å². The van der Waals surface area contributed by atoms with Crippen molar-refractivity contribution in [3.8, 4) is 0 Å². The first kappa shape index (κ1) is 11.8. The maximum Gasteiger partial charge on any atom is 0.309 e. The van der Waals surface area contributed by atoms with E-state index < -0.39 is 5.79 Å². The Balaban J connectivity index is 1.85. The SMILES string of the molecule is CC1(C)CC(=O)C2=C(C1)OC1(CCCC(=O)O1)C2. The molecule has 0 aromatic carbocycles. The van der Waals surface area contributed by atoms with Crippen LogP contribution in [-0.2, 0) is 19.1 Å². The van der Waals surface area contributed by atoms with Crippen molar-refractivity contribution in [1.29, 1.82) is 0 Å². The molecule has 2 aliphatic heterocycles. The van der Waals surface area contributed by atoms with Gasteiger partial charge in [0.25, 0.3) is 5.79 Å². The zero-order valence-corrected chi connectivity index (χ0v) is 10.9. The van der Waals surface area contributed by atoms with Gasteiger partial charge in [-0.05, 0) is 11.8 Å². The number of hydrogen-bond donors (Lipinski definition) is 0. The van der Waals surface area contributed by atoms with Crippen LogP contribution in [-0.4, -0.2) is 17.5 Å². The lowest BCUT2D eigenvalue weighted by Gasteiger charge is -2.33. The summed E-state index contributed by atoms with van der Waals surface area (Å²) < 4.78 is 11.3. The Morgan fingerprint density at radius 1 is 1.06 bits per heavy atom. The number of ketones is 1. The predicted molar refractivity (Wildman–Crippen MR) is 63.4 cm³/mol. The van der Waals surface area contributed by atoms with Crippen LogP contribution in [0.5, 0.6) is 0 Å².